The van der Waals surface area contributed by atoms with Crippen LogP contribution in [0.3, 0.4) is 0 Å². The van der Waals surface area contributed by atoms with Crippen molar-refractivity contribution in [2.75, 3.05) is 25.5 Å². The lowest BCUT2D eigenvalue weighted by Gasteiger charge is -2.11. The Morgan fingerprint density at radius 1 is 1.24 bits per heavy atom. The first-order chi connectivity index (χ1) is 15.9. The lowest BCUT2D eigenvalue weighted by atomic mass is 10.2. The lowest BCUT2D eigenvalue weighted by Crippen LogP contribution is -2.36. The van der Waals surface area contributed by atoms with E-state index < -0.39 is 11.6 Å². The fourth-order valence-corrected chi connectivity index (χ4v) is 4.95. The maximum Gasteiger partial charge on any atom is 0.261 e. The molecule has 2 aromatic heterocycles. The van der Waals surface area contributed by atoms with E-state index in [9.17, 15) is 13.6 Å². The number of nitrogens with zero attached hydrogens (tertiary/aromatic N) is 3. The predicted molar refractivity (Wildman–Crippen MR) is 127 cm³/mol. The number of halogens is 3. The third kappa shape index (κ3) is 4.31. The molecule has 2 aromatic carbocycles. The molecule has 2 N–H and O–H groups in total. The molecular weight excluding hydrogens is 467 g/mol. The summed E-state index contributed by atoms with van der Waals surface area (Å²) in [4.78, 5) is 15.4. The largest absolute Gasteiger partial charge is 0.350 e. The van der Waals surface area contributed by atoms with Crippen molar-refractivity contribution in [3.05, 3.63) is 69.5 Å². The van der Waals surface area contributed by atoms with Gasteiger partial charge in [0.05, 0.1) is 38.7 Å². The average Bonchev–Trinajstić information content (AvgIpc) is 3.50. The summed E-state index contributed by atoms with van der Waals surface area (Å²) < 4.78 is 30.6. The van der Waals surface area contributed by atoms with Gasteiger partial charge in [0.1, 0.15) is 11.6 Å². The van der Waals surface area contributed by atoms with E-state index >= 15 is 0 Å². The first-order valence-electron chi connectivity index (χ1n) is 10.4. The molecule has 4 aromatic rings. The molecule has 6 nitrogen and oxygen atoms in total. The minimum Gasteiger partial charge on any atom is -0.350 e. The zero-order valence-corrected chi connectivity index (χ0v) is 19.2. The summed E-state index contributed by atoms with van der Waals surface area (Å²) in [5.74, 6) is -1.28. The third-order valence-corrected chi connectivity index (χ3v) is 6.89. The molecule has 0 radical (unpaired) electrons. The molecule has 33 heavy (non-hydrogen) atoms. The summed E-state index contributed by atoms with van der Waals surface area (Å²) in [6.07, 6.45) is 2.52. The predicted octanol–water partition coefficient (Wildman–Crippen LogP) is 5.20. The van der Waals surface area contributed by atoms with E-state index in [0.29, 0.717) is 21.5 Å². The number of anilines is 2. The maximum absolute atomic E-state index is 14.9. The van der Waals surface area contributed by atoms with Gasteiger partial charge in [0.25, 0.3) is 5.91 Å². The number of likely N-dealkylation sites (N-methyl/N-ethyl adjacent to an activating group) is 1. The number of amides is 1. The summed E-state index contributed by atoms with van der Waals surface area (Å²) in [7, 11) is 2.03. The van der Waals surface area contributed by atoms with Crippen LogP contribution in [0.1, 0.15) is 16.1 Å². The highest BCUT2D eigenvalue weighted by atomic mass is 35.5. The number of nitrogens with one attached hydrogen (secondary N) is 2. The van der Waals surface area contributed by atoms with E-state index in [1.165, 1.54) is 35.6 Å². The minimum atomic E-state index is -0.581. The van der Waals surface area contributed by atoms with Gasteiger partial charge in [0.15, 0.2) is 0 Å². The van der Waals surface area contributed by atoms with Crippen molar-refractivity contribution in [2.45, 2.75) is 12.5 Å². The molecule has 0 saturated carbocycles. The zero-order valence-electron chi connectivity index (χ0n) is 17.6. The van der Waals surface area contributed by atoms with E-state index in [1.54, 1.807) is 23.0 Å². The normalized spacial score (nSPS) is 16.4. The molecule has 3 heterocycles. The van der Waals surface area contributed by atoms with Gasteiger partial charge in [0.2, 0.25) is 0 Å². The Morgan fingerprint density at radius 2 is 2.09 bits per heavy atom. The third-order valence-electron chi connectivity index (χ3n) is 5.66. The molecule has 5 rings (SSSR count). The highest BCUT2D eigenvalue weighted by Crippen LogP contribution is 2.32. The van der Waals surface area contributed by atoms with Gasteiger partial charge in [-0.3, -0.25) is 4.79 Å². The van der Waals surface area contributed by atoms with Gasteiger partial charge in [-0.25, -0.2) is 13.5 Å². The van der Waals surface area contributed by atoms with Crippen LogP contribution in [0, 0.1) is 11.6 Å². The standard InChI is InChI=1S/C23H20ClF2N5OS/c1-30-6-5-14(11-30)28-23(32)21-8-15(12-33-21)31-20-9-18(26)19(7-13(20)10-27-31)29-22-16(24)3-2-4-17(22)25/h2-4,7-10,12,14,29H,5-6,11H2,1H3,(H,28,32)/i26-1. The monoisotopic (exact) mass is 486 g/mol. The second kappa shape index (κ2) is 8.74. The molecule has 1 aliphatic heterocycles. The Hall–Kier alpha value is -3.01. The second-order valence-electron chi connectivity index (χ2n) is 8.06. The number of benzene rings is 2. The molecule has 1 fully saturated rings. The van der Waals surface area contributed by atoms with Gasteiger partial charge < -0.3 is 15.5 Å². The highest BCUT2D eigenvalue weighted by molar-refractivity contribution is 7.12. The number of carbonyl (C=O) groups excluding carboxylic acids is 1. The van der Waals surface area contributed by atoms with E-state index in [1.807, 2.05) is 12.4 Å². The van der Waals surface area contributed by atoms with Crippen molar-refractivity contribution in [2.24, 2.45) is 0 Å². The zero-order chi connectivity index (χ0) is 23.1. The second-order valence-corrected chi connectivity index (χ2v) is 9.38. The number of hydrogen-bond donors (Lipinski definition) is 2. The summed E-state index contributed by atoms with van der Waals surface area (Å²) in [5.41, 5.74) is 1.29. The first kappa shape index (κ1) is 21.8. The van der Waals surface area contributed by atoms with E-state index in [4.69, 9.17) is 11.6 Å². The average molecular weight is 487 g/mol. The molecule has 1 saturated heterocycles. The van der Waals surface area contributed by atoms with Crippen LogP contribution in [0.4, 0.5) is 20.2 Å². The molecule has 0 bridgehead atoms. The van der Waals surface area contributed by atoms with Crippen LogP contribution in [-0.4, -0.2) is 46.8 Å². The Labute approximate surface area is 197 Å². The van der Waals surface area contributed by atoms with Gasteiger partial charge in [-0.2, -0.15) is 5.10 Å². The van der Waals surface area contributed by atoms with E-state index in [-0.39, 0.29) is 28.3 Å². The lowest BCUT2D eigenvalue weighted by molar-refractivity contribution is 0.0942. The molecule has 1 aliphatic rings. The highest BCUT2D eigenvalue weighted by Gasteiger charge is 2.22. The maximum atomic E-state index is 14.9. The van der Waals surface area contributed by atoms with Gasteiger partial charge in [0, 0.05) is 29.4 Å². The number of para-hydroxylation sites is 1. The van der Waals surface area contributed by atoms with Crippen molar-refractivity contribution in [1.29, 1.82) is 0 Å². The molecular formula is C23H20ClF2N5OS. The molecule has 170 valence electrons. The molecule has 1 unspecified atom stereocenters. The van der Waals surface area contributed by atoms with E-state index in [0.717, 1.165) is 19.5 Å². The van der Waals surface area contributed by atoms with Gasteiger partial charge >= 0.3 is 0 Å². The number of thiophene rings is 1. The molecule has 0 spiro atoms. The smallest absolute Gasteiger partial charge is 0.261 e. The van der Waals surface area contributed by atoms with Crippen LogP contribution < -0.4 is 10.6 Å². The fraction of sp³-hybridized carbons (Fsp3) is 0.217. The fourth-order valence-electron chi connectivity index (χ4n) is 3.97. The topological polar surface area (TPSA) is 62.2 Å². The Morgan fingerprint density at radius 3 is 2.85 bits per heavy atom. The van der Waals surface area contributed by atoms with Crippen LogP contribution in [-0.2, 0) is 0 Å². The number of fused-ring (bicyclic) bond motifs is 1. The Bertz CT molecular complexity index is 1330. The molecule has 10 heteroatoms. The van der Waals surface area contributed by atoms with Crippen molar-refractivity contribution < 1.29 is 13.6 Å². The van der Waals surface area contributed by atoms with Gasteiger partial charge in [-0.05, 0) is 44.3 Å². The van der Waals surface area contributed by atoms with Crippen molar-refractivity contribution in [3.63, 3.8) is 0 Å². The number of rotatable bonds is 5. The summed E-state index contributed by atoms with van der Waals surface area (Å²) in [6, 6.07) is 9.01. The quantitative estimate of drug-likeness (QED) is 0.407. The van der Waals surface area contributed by atoms with Crippen LogP contribution >= 0.6 is 22.9 Å². The van der Waals surface area contributed by atoms with Crippen molar-refractivity contribution in [1.82, 2.24) is 20.0 Å². The molecule has 1 atom stereocenters. The Balaban J connectivity index is 1.40. The van der Waals surface area contributed by atoms with Crippen LogP contribution in [0.15, 0.2) is 48.0 Å². The van der Waals surface area contributed by atoms with Crippen LogP contribution in [0.25, 0.3) is 16.6 Å². The van der Waals surface area contributed by atoms with Crippen LogP contribution in [0.2, 0.25) is 5.02 Å². The minimum absolute atomic E-state index is 0.00625. The van der Waals surface area contributed by atoms with E-state index in [2.05, 4.69) is 20.6 Å². The van der Waals surface area contributed by atoms with Gasteiger partial charge in [-0.1, -0.05) is 17.7 Å². The number of carbonyl (C=O) groups is 1. The molecule has 0 aliphatic carbocycles. The SMILES string of the molecule is CN1CCC(NC(=O)c2cc(-n3ncc4cc(Nc5c(F)cccc5Cl)c([18F])cc43)cs2)C1. The summed E-state index contributed by atoms with van der Waals surface area (Å²) >= 11 is 7.36. The number of likely N-dealkylation sites (tertiary alicyclic amines) is 1. The van der Waals surface area contributed by atoms with Crippen molar-refractivity contribution >= 4 is 51.1 Å². The number of hydrogen-bond acceptors (Lipinski definition) is 5. The summed E-state index contributed by atoms with van der Waals surface area (Å²) in [6.45, 7) is 1.80. The van der Waals surface area contributed by atoms with Crippen molar-refractivity contribution in [3.8, 4) is 5.69 Å². The van der Waals surface area contributed by atoms with Crippen LogP contribution in [0.5, 0.6) is 0 Å². The first-order valence-corrected chi connectivity index (χ1v) is 11.6. The molecule has 1 amide bonds. The Kier molecular flexibility index (Phi) is 5.77. The number of aromatic nitrogens is 2. The summed E-state index contributed by atoms with van der Waals surface area (Å²) in [5, 5.41) is 12.8. The van der Waals surface area contributed by atoms with Gasteiger partial charge in [-0.15, -0.1) is 11.3 Å².